The molecule has 3 aliphatic rings. The van der Waals surface area contributed by atoms with Gasteiger partial charge in [-0.1, -0.05) is 24.3 Å². The molecule has 3 atom stereocenters. The number of hydrogen-bond donors (Lipinski definition) is 4. The summed E-state index contributed by atoms with van der Waals surface area (Å²) in [5.41, 5.74) is 12.6. The van der Waals surface area contributed by atoms with Crippen molar-refractivity contribution in [2.45, 2.75) is 96.9 Å². The first-order valence-electron chi connectivity index (χ1n) is 21.8. The second-order valence-electron chi connectivity index (χ2n) is 17.1. The third-order valence-corrected chi connectivity index (χ3v) is 15.1. The summed E-state index contributed by atoms with van der Waals surface area (Å²) in [5.74, 6) is 0.00763. The molecule has 2 fully saturated rings. The van der Waals surface area contributed by atoms with Gasteiger partial charge in [0.2, 0.25) is 0 Å². The van der Waals surface area contributed by atoms with E-state index in [0.717, 1.165) is 97.8 Å². The number of amides is 1. The maximum atomic E-state index is 14.0. The normalized spacial score (nSPS) is 18.9. The highest BCUT2D eigenvalue weighted by atomic mass is 32.1. The average Bonchev–Trinajstić information content (AvgIpc) is 4.02. The topological polar surface area (TPSA) is 86.2 Å². The van der Waals surface area contributed by atoms with Crippen LogP contribution >= 0.6 is 22.7 Å². The lowest BCUT2D eigenvalue weighted by Gasteiger charge is -2.35. The number of fused-ring (bicyclic) bond motifs is 7. The molecule has 1 aliphatic carbocycles. The van der Waals surface area contributed by atoms with Gasteiger partial charge in [-0.25, -0.2) is 4.98 Å². The standard InChI is InChI=1S/C49H55N7OS2/c1-4-56-43-18-8-32(22-42(43)40-17-11-35(25-44(40)56)45-21-30(2)29-58-45)26-50-19-5-6-20-51-46-41-16-7-31(3)52-49(41)59-47(46)48(57)54-36-12-9-34-24-39(15-10-33(34)23-36)55-27-37-13-14-38(28-55)53-37/h7-8,10-11,15-18,21-22,24-25,29,36-38,50-51,53H,4-6,9,12-14,19-20,23,26-28H2,1-3H3,(H,54,57)/t36-,37-,38+/m0/s1. The molecule has 10 heteroatoms. The van der Waals surface area contributed by atoms with Crippen molar-refractivity contribution in [1.82, 2.24) is 25.5 Å². The van der Waals surface area contributed by atoms with Gasteiger partial charge in [-0.3, -0.25) is 4.79 Å². The minimum atomic E-state index is 0.00763. The van der Waals surface area contributed by atoms with E-state index in [1.165, 1.54) is 84.4 Å². The molecule has 0 unspecified atom stereocenters. The largest absolute Gasteiger partial charge is 0.383 e. The number of carbonyl (C=O) groups excluding carboxylic acids is 1. The van der Waals surface area contributed by atoms with E-state index in [0.29, 0.717) is 12.1 Å². The summed E-state index contributed by atoms with van der Waals surface area (Å²) in [6, 6.07) is 28.7. The number of hydrogen-bond acceptors (Lipinski definition) is 8. The summed E-state index contributed by atoms with van der Waals surface area (Å²) in [6.07, 6.45) is 7.45. The Bertz CT molecular complexity index is 2660. The van der Waals surface area contributed by atoms with Crippen molar-refractivity contribution < 1.29 is 4.79 Å². The van der Waals surface area contributed by atoms with Gasteiger partial charge in [0, 0.05) is 94.3 Å². The van der Waals surface area contributed by atoms with Crippen LogP contribution in [0.15, 0.2) is 78.2 Å². The monoisotopic (exact) mass is 821 g/mol. The summed E-state index contributed by atoms with van der Waals surface area (Å²) in [7, 11) is 0. The minimum Gasteiger partial charge on any atom is -0.383 e. The van der Waals surface area contributed by atoms with E-state index in [1.54, 1.807) is 0 Å². The van der Waals surface area contributed by atoms with E-state index in [4.69, 9.17) is 4.98 Å². The van der Waals surface area contributed by atoms with E-state index in [2.05, 4.69) is 117 Å². The molecule has 4 N–H and O–H groups in total. The summed E-state index contributed by atoms with van der Waals surface area (Å²) in [5, 5.41) is 20.5. The number of thiophene rings is 2. The Hall–Kier alpha value is -4.74. The number of aromatic nitrogens is 2. The van der Waals surface area contributed by atoms with Gasteiger partial charge in [0.1, 0.15) is 9.71 Å². The molecule has 4 aromatic heterocycles. The van der Waals surface area contributed by atoms with Crippen molar-refractivity contribution in [1.29, 1.82) is 0 Å². The second kappa shape index (κ2) is 16.4. The van der Waals surface area contributed by atoms with Crippen LogP contribution in [0.5, 0.6) is 0 Å². The minimum absolute atomic E-state index is 0.00763. The molecular formula is C49H55N7OS2. The highest BCUT2D eigenvalue weighted by molar-refractivity contribution is 7.21. The van der Waals surface area contributed by atoms with Crippen molar-refractivity contribution in [3.63, 3.8) is 0 Å². The van der Waals surface area contributed by atoms with Gasteiger partial charge in [0.25, 0.3) is 5.91 Å². The molecule has 2 bridgehead atoms. The first-order valence-corrected chi connectivity index (χ1v) is 23.4. The fraction of sp³-hybridized carbons (Fsp3) is 0.388. The molecule has 0 saturated carbocycles. The number of benzene rings is 3. The molecule has 1 amide bonds. The highest BCUT2D eigenvalue weighted by Gasteiger charge is 2.33. The van der Waals surface area contributed by atoms with Crippen molar-refractivity contribution in [3.05, 3.63) is 111 Å². The lowest BCUT2D eigenvalue weighted by molar-refractivity contribution is 0.0938. The predicted molar refractivity (Wildman–Crippen MR) is 249 cm³/mol. The molecule has 7 aromatic rings. The van der Waals surface area contributed by atoms with Gasteiger partial charge in [-0.15, -0.1) is 22.7 Å². The van der Waals surface area contributed by atoms with Crippen LogP contribution in [0.3, 0.4) is 0 Å². The number of nitrogens with one attached hydrogen (secondary N) is 4. The summed E-state index contributed by atoms with van der Waals surface area (Å²) >= 11 is 3.33. The van der Waals surface area contributed by atoms with Gasteiger partial charge < -0.3 is 30.7 Å². The van der Waals surface area contributed by atoms with Crippen molar-refractivity contribution in [3.8, 4) is 10.4 Å². The van der Waals surface area contributed by atoms with Gasteiger partial charge in [-0.2, -0.15) is 0 Å². The Morgan fingerprint density at radius 2 is 1.71 bits per heavy atom. The van der Waals surface area contributed by atoms with Crippen LogP contribution in [-0.2, 0) is 25.9 Å². The van der Waals surface area contributed by atoms with Crippen LogP contribution in [0.25, 0.3) is 42.5 Å². The van der Waals surface area contributed by atoms with E-state index in [-0.39, 0.29) is 11.9 Å². The van der Waals surface area contributed by atoms with Crippen LogP contribution in [0.2, 0.25) is 0 Å². The zero-order valence-electron chi connectivity index (χ0n) is 34.5. The lowest BCUT2D eigenvalue weighted by atomic mass is 9.87. The van der Waals surface area contributed by atoms with E-state index < -0.39 is 0 Å². The van der Waals surface area contributed by atoms with Crippen LogP contribution in [0.4, 0.5) is 11.4 Å². The highest BCUT2D eigenvalue weighted by Crippen LogP contribution is 2.37. The van der Waals surface area contributed by atoms with E-state index >= 15 is 0 Å². The Labute approximate surface area is 355 Å². The lowest BCUT2D eigenvalue weighted by Crippen LogP contribution is -2.51. The molecule has 8 nitrogen and oxygen atoms in total. The van der Waals surface area contributed by atoms with Crippen LogP contribution in [0.1, 0.15) is 76.6 Å². The Balaban J connectivity index is 0.743. The van der Waals surface area contributed by atoms with Gasteiger partial charge >= 0.3 is 0 Å². The maximum Gasteiger partial charge on any atom is 0.263 e. The Kier molecular flexibility index (Phi) is 10.7. The quantitative estimate of drug-likeness (QED) is 0.0868. The molecule has 10 rings (SSSR count). The van der Waals surface area contributed by atoms with Gasteiger partial charge in [-0.05, 0) is 154 Å². The molecule has 304 valence electrons. The van der Waals surface area contributed by atoms with Gasteiger partial charge in [0.15, 0.2) is 0 Å². The number of anilines is 2. The number of rotatable bonds is 13. The number of unbranched alkanes of at least 4 members (excludes halogenated alkanes) is 1. The average molecular weight is 822 g/mol. The predicted octanol–water partition coefficient (Wildman–Crippen LogP) is 9.98. The third kappa shape index (κ3) is 7.76. The summed E-state index contributed by atoms with van der Waals surface area (Å²) in [4.78, 5) is 24.4. The first kappa shape index (κ1) is 38.5. The number of aryl methyl sites for hydroxylation is 4. The molecule has 59 heavy (non-hydrogen) atoms. The first-order chi connectivity index (χ1) is 28.9. The van der Waals surface area contributed by atoms with E-state index in [1.807, 2.05) is 24.3 Å². The third-order valence-electron chi connectivity index (χ3n) is 12.9. The number of nitrogens with zero attached hydrogens (tertiary/aromatic N) is 3. The molecule has 0 radical (unpaired) electrons. The fourth-order valence-corrected chi connectivity index (χ4v) is 11.9. The van der Waals surface area contributed by atoms with Crippen LogP contribution in [-0.4, -0.2) is 59.8 Å². The zero-order valence-corrected chi connectivity index (χ0v) is 36.1. The number of carbonyl (C=O) groups is 1. The van der Waals surface area contributed by atoms with Crippen molar-refractivity contribution >= 4 is 72.0 Å². The SMILES string of the molecule is CCn1c2ccc(CNCCCCNc3c(C(=O)N[C@H]4CCc5cc(N6C[C@H]7CC[C@@H](C6)N7)ccc5C4)sc4nc(C)ccc34)cc2c2ccc(-c3cc(C)cs3)cc21. The number of pyridine rings is 1. The Morgan fingerprint density at radius 3 is 2.54 bits per heavy atom. The molecular weight excluding hydrogens is 767 g/mol. The van der Waals surface area contributed by atoms with Crippen molar-refractivity contribution in [2.24, 2.45) is 0 Å². The van der Waals surface area contributed by atoms with Crippen molar-refractivity contribution in [2.75, 3.05) is 36.4 Å². The zero-order chi connectivity index (χ0) is 40.0. The Morgan fingerprint density at radius 1 is 0.864 bits per heavy atom. The second-order valence-corrected chi connectivity index (χ2v) is 19.1. The van der Waals surface area contributed by atoms with Crippen LogP contribution < -0.4 is 26.2 Å². The molecule has 3 aromatic carbocycles. The maximum absolute atomic E-state index is 14.0. The van der Waals surface area contributed by atoms with E-state index in [9.17, 15) is 4.79 Å². The number of piperazine rings is 1. The van der Waals surface area contributed by atoms with Gasteiger partial charge in [0.05, 0.1) is 5.69 Å². The van der Waals surface area contributed by atoms with Crippen LogP contribution in [0, 0.1) is 13.8 Å². The summed E-state index contributed by atoms with van der Waals surface area (Å²) in [6.45, 7) is 12.1. The molecule has 2 aliphatic heterocycles. The smallest absolute Gasteiger partial charge is 0.263 e. The molecule has 0 spiro atoms. The molecule has 6 heterocycles. The molecule has 2 saturated heterocycles. The fourth-order valence-electron chi connectivity index (χ4n) is 9.88. The summed E-state index contributed by atoms with van der Waals surface area (Å²) < 4.78 is 2.45.